The maximum atomic E-state index is 12.5. The van der Waals surface area contributed by atoms with Crippen molar-refractivity contribution >= 4 is 23.2 Å². The highest BCUT2D eigenvalue weighted by molar-refractivity contribution is 6.44. The summed E-state index contributed by atoms with van der Waals surface area (Å²) in [5.74, 6) is -1.16. The van der Waals surface area contributed by atoms with Gasteiger partial charge in [-0.1, -0.05) is 49.7 Å². The summed E-state index contributed by atoms with van der Waals surface area (Å²) in [4.78, 5) is 26.2. The number of hydrogen-bond acceptors (Lipinski definition) is 2. The zero-order valence-electron chi connectivity index (χ0n) is 12.7. The van der Waals surface area contributed by atoms with E-state index in [-0.39, 0.29) is 0 Å². The van der Waals surface area contributed by atoms with Crippen molar-refractivity contribution in [2.24, 2.45) is 0 Å². The molecule has 0 heterocycles. The lowest BCUT2D eigenvalue weighted by Gasteiger charge is -2.22. The quantitative estimate of drug-likeness (QED) is 0.859. The first-order valence-electron chi connectivity index (χ1n) is 7.45. The van der Waals surface area contributed by atoms with Crippen molar-refractivity contribution in [1.29, 1.82) is 0 Å². The van der Waals surface area contributed by atoms with Gasteiger partial charge in [-0.2, -0.15) is 0 Å². The molecule has 0 aliphatic heterocycles. The Labute approximate surface area is 130 Å². The molecule has 2 aromatic carbocycles. The van der Waals surface area contributed by atoms with Crippen LogP contribution in [0.15, 0.2) is 60.7 Å². The SMILES string of the molecule is CCCCN(C(=O)C(=O)Nc1ccccc1)c1ccccc1. The summed E-state index contributed by atoms with van der Waals surface area (Å²) >= 11 is 0. The van der Waals surface area contributed by atoms with Crippen LogP contribution >= 0.6 is 0 Å². The largest absolute Gasteiger partial charge is 0.318 e. The van der Waals surface area contributed by atoms with E-state index in [9.17, 15) is 9.59 Å². The van der Waals surface area contributed by atoms with E-state index in [2.05, 4.69) is 12.2 Å². The Morgan fingerprint density at radius 2 is 1.55 bits per heavy atom. The molecule has 0 aliphatic carbocycles. The summed E-state index contributed by atoms with van der Waals surface area (Å²) in [5.41, 5.74) is 1.36. The minimum atomic E-state index is -0.619. The number of hydrogen-bond donors (Lipinski definition) is 1. The molecule has 1 N–H and O–H groups in total. The van der Waals surface area contributed by atoms with E-state index in [4.69, 9.17) is 0 Å². The Hall–Kier alpha value is -2.62. The monoisotopic (exact) mass is 296 g/mol. The van der Waals surface area contributed by atoms with E-state index < -0.39 is 11.8 Å². The van der Waals surface area contributed by atoms with Gasteiger partial charge in [0.1, 0.15) is 0 Å². The fourth-order valence-corrected chi connectivity index (χ4v) is 2.10. The number of nitrogens with zero attached hydrogens (tertiary/aromatic N) is 1. The summed E-state index contributed by atoms with van der Waals surface area (Å²) in [6.07, 6.45) is 1.80. The molecule has 22 heavy (non-hydrogen) atoms. The molecule has 0 atom stereocenters. The first-order valence-corrected chi connectivity index (χ1v) is 7.45. The van der Waals surface area contributed by atoms with Gasteiger partial charge in [-0.3, -0.25) is 9.59 Å². The summed E-state index contributed by atoms with van der Waals surface area (Å²) in [6, 6.07) is 18.3. The average Bonchev–Trinajstić information content (AvgIpc) is 2.57. The van der Waals surface area contributed by atoms with Crippen LogP contribution in [0.5, 0.6) is 0 Å². The highest BCUT2D eigenvalue weighted by Crippen LogP contribution is 2.15. The van der Waals surface area contributed by atoms with Crippen LogP contribution in [0, 0.1) is 0 Å². The molecule has 0 radical (unpaired) electrons. The summed E-state index contributed by atoms with van der Waals surface area (Å²) in [7, 11) is 0. The van der Waals surface area contributed by atoms with E-state index in [1.165, 1.54) is 4.90 Å². The maximum absolute atomic E-state index is 12.5. The third-order valence-electron chi connectivity index (χ3n) is 3.27. The molecule has 0 aliphatic rings. The third-order valence-corrected chi connectivity index (χ3v) is 3.27. The predicted octanol–water partition coefficient (Wildman–Crippen LogP) is 3.46. The molecule has 0 fully saturated rings. The zero-order valence-corrected chi connectivity index (χ0v) is 12.7. The number of anilines is 2. The van der Waals surface area contributed by atoms with Gasteiger partial charge in [0.15, 0.2) is 0 Å². The number of carbonyl (C=O) groups is 2. The lowest BCUT2D eigenvalue weighted by molar-refractivity contribution is -0.134. The van der Waals surface area contributed by atoms with Crippen molar-refractivity contribution in [3.8, 4) is 0 Å². The first-order chi connectivity index (χ1) is 10.7. The van der Waals surface area contributed by atoms with Gasteiger partial charge < -0.3 is 10.2 Å². The van der Waals surface area contributed by atoms with Gasteiger partial charge >= 0.3 is 11.8 Å². The number of nitrogens with one attached hydrogen (secondary N) is 1. The van der Waals surface area contributed by atoms with Gasteiger partial charge in [0.2, 0.25) is 0 Å². The molecule has 0 bridgehead atoms. The van der Waals surface area contributed by atoms with Crippen LogP contribution in [0.4, 0.5) is 11.4 Å². The third kappa shape index (κ3) is 4.19. The lowest BCUT2D eigenvalue weighted by Crippen LogP contribution is -2.40. The van der Waals surface area contributed by atoms with Gasteiger partial charge in [-0.05, 0) is 30.7 Å². The van der Waals surface area contributed by atoms with Gasteiger partial charge in [-0.25, -0.2) is 0 Å². The molecule has 4 heteroatoms. The molecule has 114 valence electrons. The Morgan fingerprint density at radius 3 is 2.14 bits per heavy atom. The van der Waals surface area contributed by atoms with Gasteiger partial charge in [0.25, 0.3) is 0 Å². The Morgan fingerprint density at radius 1 is 0.955 bits per heavy atom. The molecule has 2 rings (SSSR count). The standard InChI is InChI=1S/C18H20N2O2/c1-2-3-14-20(16-12-8-5-9-13-16)18(22)17(21)19-15-10-6-4-7-11-15/h4-13H,2-3,14H2,1H3,(H,19,21). The zero-order chi connectivity index (χ0) is 15.8. The van der Waals surface area contributed by atoms with Crippen molar-refractivity contribution in [1.82, 2.24) is 0 Å². The fraction of sp³-hybridized carbons (Fsp3) is 0.222. The first kappa shape index (κ1) is 15.8. The summed E-state index contributed by atoms with van der Waals surface area (Å²) in [6.45, 7) is 2.58. The molecule has 4 nitrogen and oxygen atoms in total. The second kappa shape index (κ2) is 7.98. The second-order valence-electron chi connectivity index (χ2n) is 4.97. The molecule has 0 saturated heterocycles. The second-order valence-corrected chi connectivity index (χ2v) is 4.97. The lowest BCUT2D eigenvalue weighted by atomic mass is 10.2. The molecular formula is C18H20N2O2. The van der Waals surface area contributed by atoms with Gasteiger partial charge in [0, 0.05) is 17.9 Å². The molecule has 2 amide bonds. The van der Waals surface area contributed by atoms with Crippen LogP contribution in [0.2, 0.25) is 0 Å². The molecule has 0 aromatic heterocycles. The molecule has 2 aromatic rings. The number of unbranched alkanes of at least 4 members (excludes halogenated alkanes) is 1. The van der Waals surface area contributed by atoms with Crippen LogP contribution in [-0.2, 0) is 9.59 Å². The topological polar surface area (TPSA) is 49.4 Å². The number of para-hydroxylation sites is 2. The predicted molar refractivity (Wildman–Crippen MR) is 88.8 cm³/mol. The van der Waals surface area contributed by atoms with Crippen molar-refractivity contribution in [3.63, 3.8) is 0 Å². The Kier molecular flexibility index (Phi) is 5.72. The van der Waals surface area contributed by atoms with E-state index in [0.29, 0.717) is 12.2 Å². The van der Waals surface area contributed by atoms with Gasteiger partial charge in [-0.15, -0.1) is 0 Å². The van der Waals surface area contributed by atoms with Crippen molar-refractivity contribution in [2.45, 2.75) is 19.8 Å². The fourth-order valence-electron chi connectivity index (χ4n) is 2.10. The highest BCUT2D eigenvalue weighted by Gasteiger charge is 2.22. The summed E-state index contributed by atoms with van der Waals surface area (Å²) < 4.78 is 0. The molecule has 0 unspecified atom stereocenters. The maximum Gasteiger partial charge on any atom is 0.316 e. The van der Waals surface area contributed by atoms with Gasteiger partial charge in [0.05, 0.1) is 0 Å². The van der Waals surface area contributed by atoms with Crippen molar-refractivity contribution in [3.05, 3.63) is 60.7 Å². The molecule has 0 spiro atoms. The Balaban J connectivity index is 2.13. The van der Waals surface area contributed by atoms with Crippen LogP contribution < -0.4 is 10.2 Å². The van der Waals surface area contributed by atoms with E-state index >= 15 is 0 Å². The minimum Gasteiger partial charge on any atom is -0.318 e. The van der Waals surface area contributed by atoms with E-state index in [1.54, 1.807) is 12.1 Å². The Bertz CT molecular complexity index is 611. The number of amides is 2. The number of benzene rings is 2. The smallest absolute Gasteiger partial charge is 0.316 e. The van der Waals surface area contributed by atoms with Crippen LogP contribution in [0.1, 0.15) is 19.8 Å². The average molecular weight is 296 g/mol. The molecule has 0 saturated carbocycles. The highest BCUT2D eigenvalue weighted by atomic mass is 16.2. The normalized spacial score (nSPS) is 10.0. The number of carbonyl (C=O) groups excluding carboxylic acids is 2. The minimum absolute atomic E-state index is 0.529. The van der Waals surface area contributed by atoms with E-state index in [0.717, 1.165) is 18.5 Å². The van der Waals surface area contributed by atoms with Crippen LogP contribution in [0.3, 0.4) is 0 Å². The van der Waals surface area contributed by atoms with E-state index in [1.807, 2.05) is 48.5 Å². The van der Waals surface area contributed by atoms with Crippen LogP contribution in [-0.4, -0.2) is 18.4 Å². The number of rotatable bonds is 5. The molecular weight excluding hydrogens is 276 g/mol. The van der Waals surface area contributed by atoms with Crippen molar-refractivity contribution in [2.75, 3.05) is 16.8 Å². The van der Waals surface area contributed by atoms with Crippen LogP contribution in [0.25, 0.3) is 0 Å². The van der Waals surface area contributed by atoms with Crippen molar-refractivity contribution < 1.29 is 9.59 Å². The summed E-state index contributed by atoms with van der Waals surface area (Å²) in [5, 5.41) is 2.64.